The average molecular weight is 702 g/mol. The molecular weight excluding hydrogens is 662 g/mol. The number of carbonyl (C=O) groups excluding carboxylic acids is 5. The van der Waals surface area contributed by atoms with Crippen molar-refractivity contribution in [3.05, 3.63) is 114 Å². The van der Waals surface area contributed by atoms with E-state index < -0.39 is 6.04 Å². The minimum Gasteiger partial charge on any atom is -0.454 e. The van der Waals surface area contributed by atoms with Crippen LogP contribution in [0.4, 0.5) is 0 Å². The van der Waals surface area contributed by atoms with Crippen LogP contribution in [0.15, 0.2) is 97.1 Å². The summed E-state index contributed by atoms with van der Waals surface area (Å²) < 4.78 is 16.6. The summed E-state index contributed by atoms with van der Waals surface area (Å²) in [7, 11) is 0. The van der Waals surface area contributed by atoms with Crippen molar-refractivity contribution in [2.24, 2.45) is 0 Å². The number of benzene rings is 4. The molecule has 0 radical (unpaired) electrons. The van der Waals surface area contributed by atoms with Gasteiger partial charge in [0.15, 0.2) is 11.5 Å². The summed E-state index contributed by atoms with van der Waals surface area (Å²) in [6.45, 7) is 0.792. The molecule has 52 heavy (non-hydrogen) atoms. The number of nitrogens with zero attached hydrogens (tertiary/aromatic N) is 2. The average Bonchev–Trinajstić information content (AvgIpc) is 3.79. The Hall–Kier alpha value is -5.97. The van der Waals surface area contributed by atoms with E-state index in [-0.39, 0.29) is 55.3 Å². The molecule has 1 fully saturated rings. The smallest absolute Gasteiger partial charge is 0.311 e. The summed E-state index contributed by atoms with van der Waals surface area (Å²) in [4.78, 5) is 67.1. The van der Waals surface area contributed by atoms with Crippen LogP contribution in [0.2, 0.25) is 0 Å². The fourth-order valence-electron chi connectivity index (χ4n) is 6.57. The quantitative estimate of drug-likeness (QED) is 0.0739. The molecule has 2 heterocycles. The molecule has 0 bridgehead atoms. The zero-order chi connectivity index (χ0) is 36.0. The van der Waals surface area contributed by atoms with Crippen LogP contribution in [-0.4, -0.2) is 58.8 Å². The summed E-state index contributed by atoms with van der Waals surface area (Å²) in [5, 5.41) is 4.72. The van der Waals surface area contributed by atoms with Crippen LogP contribution in [-0.2, 0) is 36.9 Å². The van der Waals surface area contributed by atoms with Crippen molar-refractivity contribution in [3.8, 4) is 17.2 Å². The van der Waals surface area contributed by atoms with Gasteiger partial charge in [-0.25, -0.2) is 0 Å². The molecule has 3 aliphatic rings. The lowest BCUT2D eigenvalue weighted by atomic mass is 9.98. The highest BCUT2D eigenvalue weighted by molar-refractivity contribution is 6.12. The Kier molecular flexibility index (Phi) is 10.3. The van der Waals surface area contributed by atoms with Crippen LogP contribution in [0.5, 0.6) is 17.2 Å². The third-order valence-corrected chi connectivity index (χ3v) is 9.40. The first-order valence-electron chi connectivity index (χ1n) is 17.6. The monoisotopic (exact) mass is 701 g/mol. The van der Waals surface area contributed by atoms with E-state index in [9.17, 15) is 24.0 Å². The predicted molar refractivity (Wildman–Crippen MR) is 191 cm³/mol. The minimum absolute atomic E-state index is 0.0614. The van der Waals surface area contributed by atoms with Crippen LogP contribution in [0.25, 0.3) is 10.8 Å². The molecule has 0 saturated heterocycles. The first-order valence-corrected chi connectivity index (χ1v) is 17.6. The Bertz CT molecular complexity index is 2020. The number of esters is 1. The molecule has 1 N–H and O–H groups in total. The molecule has 11 heteroatoms. The number of unbranched alkanes of at least 4 members (excludes halogenated alkanes) is 2. The van der Waals surface area contributed by atoms with Gasteiger partial charge in [0.2, 0.25) is 18.6 Å². The summed E-state index contributed by atoms with van der Waals surface area (Å²) >= 11 is 0. The summed E-state index contributed by atoms with van der Waals surface area (Å²) in [6, 6.07) is 25.2. The third kappa shape index (κ3) is 8.15. The number of rotatable bonds is 15. The SMILES string of the molecule is O=C(CCCCCN1C(=O)C=CC1=O)Oc1ccc2cc(C(C(=O)NCc3ccccc3)N(C(=O)Cc3ccc4c(c3)OCO4)C3CC3)ccc2c1. The van der Waals surface area contributed by atoms with Gasteiger partial charge in [0, 0.05) is 37.7 Å². The van der Waals surface area contributed by atoms with Crippen LogP contribution < -0.4 is 19.5 Å². The Labute approximate surface area is 301 Å². The Morgan fingerprint density at radius 1 is 0.808 bits per heavy atom. The van der Waals surface area contributed by atoms with Crippen molar-refractivity contribution in [2.45, 2.75) is 63.6 Å². The Morgan fingerprint density at radius 2 is 1.56 bits per heavy atom. The second-order valence-electron chi connectivity index (χ2n) is 13.2. The van der Waals surface area contributed by atoms with Crippen LogP contribution in [0.1, 0.15) is 61.3 Å². The van der Waals surface area contributed by atoms with Crippen molar-refractivity contribution in [3.63, 3.8) is 0 Å². The van der Waals surface area contributed by atoms with Gasteiger partial charge in [0.1, 0.15) is 11.8 Å². The molecule has 0 spiro atoms. The van der Waals surface area contributed by atoms with Gasteiger partial charge in [0.25, 0.3) is 11.8 Å². The molecule has 1 aliphatic carbocycles. The highest BCUT2D eigenvalue weighted by Crippen LogP contribution is 2.38. The molecule has 1 unspecified atom stereocenters. The van der Waals surface area contributed by atoms with E-state index in [4.69, 9.17) is 14.2 Å². The molecule has 7 rings (SSSR count). The predicted octanol–water partition coefficient (Wildman–Crippen LogP) is 5.55. The Balaban J connectivity index is 1.04. The lowest BCUT2D eigenvalue weighted by Gasteiger charge is -2.32. The summed E-state index contributed by atoms with van der Waals surface area (Å²) in [6.07, 6.45) is 6.31. The fraction of sp³-hybridized carbons (Fsp3) is 0.293. The number of ether oxygens (including phenoxy) is 3. The molecule has 2 aliphatic heterocycles. The highest BCUT2D eigenvalue weighted by atomic mass is 16.7. The zero-order valence-corrected chi connectivity index (χ0v) is 28.6. The maximum Gasteiger partial charge on any atom is 0.311 e. The maximum atomic E-state index is 14.1. The fourth-order valence-corrected chi connectivity index (χ4v) is 6.57. The number of amides is 4. The lowest BCUT2D eigenvalue weighted by Crippen LogP contribution is -2.45. The molecule has 266 valence electrons. The maximum absolute atomic E-state index is 14.1. The highest BCUT2D eigenvalue weighted by Gasteiger charge is 2.41. The van der Waals surface area contributed by atoms with Crippen LogP contribution >= 0.6 is 0 Å². The standard InChI is InChI=1S/C41H39N3O8/c45-36-18-19-37(46)43(36)20-6-2-5-9-39(48)52-33-16-13-29-23-31(12-11-30(29)24-33)40(41(49)42-25-27-7-3-1-4-8-27)44(32-14-15-32)38(47)22-28-10-17-34-35(21-28)51-26-50-34/h1,3-4,7-8,10-13,16-19,21,23-24,32,40H,2,5-6,9,14-15,20,22,25-26H2,(H,42,49). The van der Waals surface area contributed by atoms with Crippen molar-refractivity contribution >= 4 is 40.4 Å². The number of hydrogen-bond donors (Lipinski definition) is 1. The topological polar surface area (TPSA) is 132 Å². The van der Waals surface area contributed by atoms with Gasteiger partial charge in [-0.2, -0.15) is 0 Å². The van der Waals surface area contributed by atoms with E-state index >= 15 is 0 Å². The van der Waals surface area contributed by atoms with Gasteiger partial charge >= 0.3 is 5.97 Å². The van der Waals surface area contributed by atoms with Crippen molar-refractivity contribution in [1.29, 1.82) is 0 Å². The molecular formula is C41H39N3O8. The number of imide groups is 1. The first-order chi connectivity index (χ1) is 25.3. The number of hydrogen-bond acceptors (Lipinski definition) is 8. The van der Waals surface area contributed by atoms with Gasteiger partial charge in [-0.05, 0) is 83.5 Å². The number of fused-ring (bicyclic) bond motifs is 2. The van der Waals surface area contributed by atoms with E-state index in [1.807, 2.05) is 66.7 Å². The van der Waals surface area contributed by atoms with E-state index in [0.717, 1.165) is 34.7 Å². The van der Waals surface area contributed by atoms with E-state index in [0.29, 0.717) is 55.2 Å². The summed E-state index contributed by atoms with van der Waals surface area (Å²) in [5.41, 5.74) is 2.41. The van der Waals surface area contributed by atoms with Crippen molar-refractivity contribution in [2.75, 3.05) is 13.3 Å². The van der Waals surface area contributed by atoms with E-state index in [1.54, 1.807) is 23.1 Å². The van der Waals surface area contributed by atoms with Crippen LogP contribution in [0, 0.1) is 0 Å². The first kappa shape index (κ1) is 34.5. The molecule has 4 amide bonds. The molecule has 4 aromatic carbocycles. The second kappa shape index (κ2) is 15.5. The van der Waals surface area contributed by atoms with Gasteiger partial charge in [-0.3, -0.25) is 28.9 Å². The molecule has 1 saturated carbocycles. The van der Waals surface area contributed by atoms with Crippen molar-refractivity contribution < 1.29 is 38.2 Å². The van der Waals surface area contributed by atoms with Gasteiger partial charge in [-0.15, -0.1) is 0 Å². The molecule has 4 aromatic rings. The van der Waals surface area contributed by atoms with Gasteiger partial charge in [0.05, 0.1) is 6.42 Å². The minimum atomic E-state index is -0.863. The molecule has 0 aromatic heterocycles. The molecule has 1 atom stereocenters. The zero-order valence-electron chi connectivity index (χ0n) is 28.6. The number of nitrogens with one attached hydrogen (secondary N) is 1. The Morgan fingerprint density at radius 3 is 2.35 bits per heavy atom. The second-order valence-corrected chi connectivity index (χ2v) is 13.2. The van der Waals surface area contributed by atoms with Crippen LogP contribution in [0.3, 0.4) is 0 Å². The van der Waals surface area contributed by atoms with Crippen molar-refractivity contribution in [1.82, 2.24) is 15.1 Å². The van der Waals surface area contributed by atoms with E-state index in [1.165, 1.54) is 17.1 Å². The third-order valence-electron chi connectivity index (χ3n) is 9.40. The lowest BCUT2D eigenvalue weighted by molar-refractivity contribution is -0.141. The van der Waals surface area contributed by atoms with Gasteiger partial charge in [-0.1, -0.05) is 61.0 Å². The van der Waals surface area contributed by atoms with E-state index in [2.05, 4.69) is 5.32 Å². The normalized spacial score (nSPS) is 15.2. The molecule has 11 nitrogen and oxygen atoms in total. The number of carbonyl (C=O) groups is 5. The van der Waals surface area contributed by atoms with Gasteiger partial charge < -0.3 is 24.4 Å². The summed E-state index contributed by atoms with van der Waals surface area (Å²) in [5.74, 6) is 0.240. The largest absolute Gasteiger partial charge is 0.454 e.